The topological polar surface area (TPSA) is 98.6 Å². The average Bonchev–Trinajstić information content (AvgIpc) is 3.12. The molecule has 2 fully saturated rings. The van der Waals surface area contributed by atoms with Crippen molar-refractivity contribution >= 4 is 5.91 Å². The van der Waals surface area contributed by atoms with E-state index in [0.717, 1.165) is 25.0 Å². The van der Waals surface area contributed by atoms with Crippen LogP contribution in [-0.4, -0.2) is 68.9 Å². The van der Waals surface area contributed by atoms with Crippen LogP contribution >= 0.6 is 0 Å². The molecule has 1 aliphatic heterocycles. The van der Waals surface area contributed by atoms with Gasteiger partial charge in [0.05, 0.1) is 11.7 Å². The first-order valence-electron chi connectivity index (χ1n) is 12.0. The van der Waals surface area contributed by atoms with Crippen LogP contribution in [-0.2, 0) is 17.4 Å². The van der Waals surface area contributed by atoms with Gasteiger partial charge in [0, 0.05) is 62.1 Å². The highest BCUT2D eigenvalue weighted by Gasteiger charge is 2.43. The summed E-state index contributed by atoms with van der Waals surface area (Å²) in [5.41, 5.74) is 0.158. The summed E-state index contributed by atoms with van der Waals surface area (Å²) >= 11 is 0. The summed E-state index contributed by atoms with van der Waals surface area (Å²) in [6.07, 6.45) is -1.02. The van der Waals surface area contributed by atoms with Crippen molar-refractivity contribution < 1.29 is 28.2 Å². The van der Waals surface area contributed by atoms with Gasteiger partial charge in [0.15, 0.2) is 5.82 Å². The maximum atomic E-state index is 13.1. The highest BCUT2D eigenvalue weighted by atomic mass is 19.4. The smallest absolute Gasteiger partial charge is 0.396 e. The number of hydrogen-bond donors (Lipinski definition) is 3. The van der Waals surface area contributed by atoms with E-state index in [1.807, 2.05) is 4.90 Å². The van der Waals surface area contributed by atoms with Gasteiger partial charge < -0.3 is 20.4 Å². The molecule has 7 nitrogen and oxygen atoms in total. The molecule has 1 aliphatic carbocycles. The Morgan fingerprint density at radius 3 is 2.60 bits per heavy atom. The number of aromatic nitrogens is 2. The molecule has 4 atom stereocenters. The van der Waals surface area contributed by atoms with Gasteiger partial charge in [-0.25, -0.2) is 9.97 Å². The van der Waals surface area contributed by atoms with Crippen LogP contribution in [0.5, 0.6) is 0 Å². The predicted molar refractivity (Wildman–Crippen MR) is 123 cm³/mol. The zero-order valence-electron chi connectivity index (χ0n) is 19.6. The molecule has 2 aliphatic rings. The summed E-state index contributed by atoms with van der Waals surface area (Å²) in [7, 11) is 0. The molecule has 1 aromatic carbocycles. The van der Waals surface area contributed by atoms with Crippen LogP contribution in [0.2, 0.25) is 0 Å². The Kier molecular flexibility index (Phi) is 7.73. The first-order chi connectivity index (χ1) is 16.7. The third-order valence-corrected chi connectivity index (χ3v) is 7.26. The lowest BCUT2D eigenvalue weighted by molar-refractivity contribution is -0.137. The second kappa shape index (κ2) is 10.6. The van der Waals surface area contributed by atoms with E-state index in [2.05, 4.69) is 15.3 Å². The fourth-order valence-corrected chi connectivity index (χ4v) is 5.32. The van der Waals surface area contributed by atoms with Gasteiger partial charge in [0.25, 0.3) is 0 Å². The fraction of sp³-hybridized carbons (Fsp3) is 0.560. The first kappa shape index (κ1) is 25.5. The van der Waals surface area contributed by atoms with Crippen LogP contribution in [0.3, 0.4) is 0 Å². The highest BCUT2D eigenvalue weighted by Crippen LogP contribution is 2.36. The van der Waals surface area contributed by atoms with Crippen molar-refractivity contribution in [3.05, 3.63) is 47.8 Å². The Hall–Kier alpha value is -2.56. The van der Waals surface area contributed by atoms with Crippen molar-refractivity contribution in [3.63, 3.8) is 0 Å². The molecule has 0 spiro atoms. The summed E-state index contributed by atoms with van der Waals surface area (Å²) in [4.78, 5) is 22.1. The van der Waals surface area contributed by atoms with E-state index >= 15 is 0 Å². The number of rotatable bonds is 6. The Morgan fingerprint density at radius 2 is 1.94 bits per heavy atom. The van der Waals surface area contributed by atoms with Crippen LogP contribution in [0.25, 0.3) is 11.4 Å². The van der Waals surface area contributed by atoms with Crippen LogP contribution in [0.4, 0.5) is 13.2 Å². The monoisotopic (exact) mass is 492 g/mol. The minimum atomic E-state index is -4.46. The molecular formula is C25H31F3N4O3. The molecule has 4 rings (SSSR count). The van der Waals surface area contributed by atoms with Gasteiger partial charge >= 0.3 is 6.18 Å². The number of aliphatic hydroxyl groups is 2. The minimum Gasteiger partial charge on any atom is -0.396 e. The third kappa shape index (κ3) is 5.99. The van der Waals surface area contributed by atoms with Gasteiger partial charge in [0.2, 0.25) is 5.91 Å². The number of halogens is 3. The number of piperidine rings is 1. The number of carbonyl (C=O) groups excluding carboxylic acids is 1. The van der Waals surface area contributed by atoms with Crippen LogP contribution in [0.1, 0.15) is 37.4 Å². The highest BCUT2D eigenvalue weighted by molar-refractivity contribution is 5.73. The van der Waals surface area contributed by atoms with Crippen LogP contribution in [0.15, 0.2) is 36.5 Å². The summed E-state index contributed by atoms with van der Waals surface area (Å²) in [5.74, 6) is -0.172. The number of alkyl halides is 3. The summed E-state index contributed by atoms with van der Waals surface area (Å²) in [6, 6.07) is 6.79. The number of nitrogens with one attached hydrogen (secondary N) is 1. The van der Waals surface area contributed by atoms with Crippen LogP contribution in [0, 0.1) is 11.8 Å². The molecule has 1 aromatic heterocycles. The van der Waals surface area contributed by atoms with Gasteiger partial charge in [-0.2, -0.15) is 13.2 Å². The summed E-state index contributed by atoms with van der Waals surface area (Å²) in [5, 5.41) is 24.2. The second-order valence-corrected chi connectivity index (χ2v) is 9.52. The van der Waals surface area contributed by atoms with E-state index in [0.29, 0.717) is 31.6 Å². The molecule has 0 bridgehead atoms. The van der Waals surface area contributed by atoms with Gasteiger partial charge in [-0.15, -0.1) is 0 Å². The first-order valence-corrected chi connectivity index (χ1v) is 12.0. The zero-order chi connectivity index (χ0) is 25.2. The molecule has 1 saturated carbocycles. The molecule has 2 aromatic rings. The molecular weight excluding hydrogens is 461 g/mol. The zero-order valence-corrected chi connectivity index (χ0v) is 19.6. The van der Waals surface area contributed by atoms with E-state index in [-0.39, 0.29) is 47.8 Å². The third-order valence-electron chi connectivity index (χ3n) is 7.26. The number of nitrogens with zero attached hydrogens (tertiary/aromatic N) is 3. The lowest BCUT2D eigenvalue weighted by Gasteiger charge is -2.35. The molecule has 35 heavy (non-hydrogen) atoms. The van der Waals surface area contributed by atoms with E-state index < -0.39 is 17.8 Å². The Balaban J connectivity index is 1.50. The average molecular weight is 493 g/mol. The summed E-state index contributed by atoms with van der Waals surface area (Å²) in [6.45, 7) is 2.77. The van der Waals surface area contributed by atoms with Gasteiger partial charge in [-0.1, -0.05) is 12.1 Å². The van der Waals surface area contributed by atoms with Crippen molar-refractivity contribution in [2.45, 2.75) is 57.0 Å². The molecule has 10 heteroatoms. The maximum absolute atomic E-state index is 13.1. The van der Waals surface area contributed by atoms with Gasteiger partial charge in [-0.3, -0.25) is 4.79 Å². The number of likely N-dealkylation sites (tertiary alicyclic amines) is 1. The SMILES string of the molecule is CC(=O)N1CCC(NC2CC(O)C(CO)C2Cc2ccnc(-c3cccc(C(F)(F)F)c3)n2)CC1. The summed E-state index contributed by atoms with van der Waals surface area (Å²) < 4.78 is 39.4. The second-order valence-electron chi connectivity index (χ2n) is 9.52. The Labute approximate surface area is 202 Å². The van der Waals surface area contributed by atoms with E-state index in [4.69, 9.17) is 0 Å². The van der Waals surface area contributed by atoms with Crippen molar-refractivity contribution in [2.75, 3.05) is 19.7 Å². The number of benzene rings is 1. The standard InChI is InChI=1S/C25H31F3N4O3/c1-15(34)32-9-6-18(7-10-32)30-22-13-23(35)21(14-33)20(22)12-19-5-8-29-24(31-19)16-3-2-4-17(11-16)25(26,27)28/h2-5,8,11,18,20-23,30,33,35H,6-7,9-10,12-14H2,1H3. The number of amides is 1. The van der Waals surface area contributed by atoms with Gasteiger partial charge in [-0.05, 0) is 49.8 Å². The lowest BCUT2D eigenvalue weighted by atomic mass is 9.88. The molecule has 0 radical (unpaired) electrons. The largest absolute Gasteiger partial charge is 0.416 e. The predicted octanol–water partition coefficient (Wildman–Crippen LogP) is 2.66. The van der Waals surface area contributed by atoms with Crippen molar-refractivity contribution in [1.82, 2.24) is 20.2 Å². The number of carbonyl (C=O) groups is 1. The lowest BCUT2D eigenvalue weighted by Crippen LogP contribution is -2.49. The fourth-order valence-electron chi connectivity index (χ4n) is 5.32. The van der Waals surface area contributed by atoms with E-state index in [1.165, 1.54) is 12.3 Å². The van der Waals surface area contributed by atoms with E-state index in [9.17, 15) is 28.2 Å². The Morgan fingerprint density at radius 1 is 1.20 bits per heavy atom. The van der Waals surface area contributed by atoms with Crippen LogP contribution < -0.4 is 5.32 Å². The van der Waals surface area contributed by atoms with Crippen molar-refractivity contribution in [3.8, 4) is 11.4 Å². The van der Waals surface area contributed by atoms with E-state index in [1.54, 1.807) is 19.1 Å². The van der Waals surface area contributed by atoms with Gasteiger partial charge in [0.1, 0.15) is 0 Å². The molecule has 190 valence electrons. The normalized spacial score (nSPS) is 25.7. The Bertz CT molecular complexity index is 1030. The number of aliphatic hydroxyl groups excluding tert-OH is 2. The van der Waals surface area contributed by atoms with Crippen molar-refractivity contribution in [1.29, 1.82) is 0 Å². The van der Waals surface area contributed by atoms with Crippen molar-refractivity contribution in [2.24, 2.45) is 11.8 Å². The molecule has 3 N–H and O–H groups in total. The number of hydrogen-bond acceptors (Lipinski definition) is 6. The molecule has 4 unspecified atom stereocenters. The molecule has 2 heterocycles. The minimum absolute atomic E-state index is 0.0528. The maximum Gasteiger partial charge on any atom is 0.416 e. The quantitative estimate of drug-likeness (QED) is 0.574. The molecule has 1 saturated heterocycles. The molecule has 1 amide bonds.